The Bertz CT molecular complexity index is 212. The smallest absolute Gasteiger partial charge is 0.234 e. The summed E-state index contributed by atoms with van der Waals surface area (Å²) in [6.07, 6.45) is 2.38. The molecule has 1 unspecified atom stereocenters. The van der Waals surface area contributed by atoms with E-state index in [0.29, 0.717) is 13.1 Å². The van der Waals surface area contributed by atoms with Gasteiger partial charge in [-0.15, -0.1) is 0 Å². The van der Waals surface area contributed by atoms with Crippen LogP contribution < -0.4 is 11.1 Å². The van der Waals surface area contributed by atoms with Gasteiger partial charge in [0.25, 0.3) is 0 Å². The molecule has 0 heterocycles. The summed E-state index contributed by atoms with van der Waals surface area (Å²) in [5, 5.41) is 6.41. The molecule has 0 aromatic heterocycles. The Balaban J connectivity index is 3.60. The quantitative estimate of drug-likeness (QED) is 0.263. The first kappa shape index (κ1) is 12.7. The van der Waals surface area contributed by atoms with E-state index < -0.39 is 0 Å². The van der Waals surface area contributed by atoms with Crippen molar-refractivity contribution in [1.82, 2.24) is 5.32 Å². The van der Waals surface area contributed by atoms with Crippen LogP contribution in [0.4, 0.5) is 0 Å². The maximum atomic E-state index is 10.9. The molecule has 0 spiro atoms. The molecule has 6 heteroatoms. The van der Waals surface area contributed by atoms with Crippen LogP contribution in [-0.2, 0) is 4.79 Å². The van der Waals surface area contributed by atoms with Gasteiger partial charge in [0.05, 0.1) is 6.04 Å². The minimum absolute atomic E-state index is 0.258. The van der Waals surface area contributed by atoms with Crippen LogP contribution in [0, 0.1) is 0 Å². The predicted octanol–water partition coefficient (Wildman–Crippen LogP) is 0.930. The molecule has 3 N–H and O–H groups in total. The van der Waals surface area contributed by atoms with Crippen LogP contribution in [0.1, 0.15) is 26.2 Å². The average Bonchev–Trinajstić information content (AvgIpc) is 2.15. The van der Waals surface area contributed by atoms with Crippen LogP contribution in [-0.4, -0.2) is 25.0 Å². The largest absolute Gasteiger partial charge is 0.368 e. The molecule has 0 saturated carbocycles. The van der Waals surface area contributed by atoms with E-state index in [0.717, 1.165) is 19.3 Å². The number of azide groups is 1. The first-order chi connectivity index (χ1) is 6.72. The highest BCUT2D eigenvalue weighted by atomic mass is 16.1. The fourth-order valence-electron chi connectivity index (χ4n) is 1.10. The number of nitrogens with two attached hydrogens (primary N) is 1. The summed E-state index contributed by atoms with van der Waals surface area (Å²) in [6.45, 7) is 3.09. The fourth-order valence-corrected chi connectivity index (χ4v) is 1.10. The first-order valence-electron chi connectivity index (χ1n) is 4.76. The summed E-state index contributed by atoms with van der Waals surface area (Å²) in [7, 11) is 0. The molecule has 0 bridgehead atoms. The van der Waals surface area contributed by atoms with Crippen molar-refractivity contribution in [2.24, 2.45) is 10.8 Å². The Labute approximate surface area is 83.5 Å². The van der Waals surface area contributed by atoms with Crippen molar-refractivity contribution in [2.45, 2.75) is 32.2 Å². The molecule has 0 aliphatic carbocycles. The molecule has 80 valence electrons. The third-order valence-corrected chi connectivity index (χ3v) is 1.81. The van der Waals surface area contributed by atoms with Crippen molar-refractivity contribution in [1.29, 1.82) is 0 Å². The van der Waals surface area contributed by atoms with Crippen LogP contribution >= 0.6 is 0 Å². The Kier molecular flexibility index (Phi) is 7.59. The van der Waals surface area contributed by atoms with E-state index in [1.165, 1.54) is 0 Å². The summed E-state index contributed by atoms with van der Waals surface area (Å²) in [4.78, 5) is 13.5. The molecule has 0 aliphatic heterocycles. The summed E-state index contributed by atoms with van der Waals surface area (Å²) in [6, 6.07) is -0.258. The molecule has 0 saturated heterocycles. The number of hydrogen-bond acceptors (Lipinski definition) is 3. The Hall–Kier alpha value is -1.26. The van der Waals surface area contributed by atoms with Gasteiger partial charge >= 0.3 is 0 Å². The molecular weight excluding hydrogens is 182 g/mol. The average molecular weight is 199 g/mol. The van der Waals surface area contributed by atoms with Crippen molar-refractivity contribution < 1.29 is 4.79 Å². The van der Waals surface area contributed by atoms with E-state index in [1.54, 1.807) is 0 Å². The Morgan fingerprint density at radius 1 is 1.71 bits per heavy atom. The number of rotatable bonds is 8. The number of nitrogens with one attached hydrogen (secondary N) is 1. The second-order valence-electron chi connectivity index (χ2n) is 3.01. The van der Waals surface area contributed by atoms with Gasteiger partial charge < -0.3 is 11.1 Å². The molecule has 0 fully saturated rings. The standard InChI is InChI=1S/C8H17N5O/c1-2-4-7(8(9)14)11-5-3-6-12-13-10/h7,11H,2-6H2,1H3,(H2,9,14). The van der Waals surface area contributed by atoms with Crippen molar-refractivity contribution in [2.75, 3.05) is 13.1 Å². The van der Waals surface area contributed by atoms with E-state index in [2.05, 4.69) is 15.3 Å². The number of amides is 1. The summed E-state index contributed by atoms with van der Waals surface area (Å²) >= 11 is 0. The zero-order chi connectivity index (χ0) is 10.8. The molecule has 1 atom stereocenters. The van der Waals surface area contributed by atoms with Gasteiger partial charge in [0, 0.05) is 11.5 Å². The monoisotopic (exact) mass is 199 g/mol. The molecule has 0 aromatic rings. The van der Waals surface area contributed by atoms with E-state index in [-0.39, 0.29) is 11.9 Å². The van der Waals surface area contributed by atoms with E-state index in [1.807, 2.05) is 6.92 Å². The fraction of sp³-hybridized carbons (Fsp3) is 0.875. The van der Waals surface area contributed by atoms with Gasteiger partial charge in [0.15, 0.2) is 0 Å². The number of carbonyl (C=O) groups excluding carboxylic acids is 1. The molecule has 0 aromatic carbocycles. The topological polar surface area (TPSA) is 104 Å². The van der Waals surface area contributed by atoms with Crippen molar-refractivity contribution in [3.63, 3.8) is 0 Å². The van der Waals surface area contributed by atoms with E-state index >= 15 is 0 Å². The van der Waals surface area contributed by atoms with Gasteiger partial charge in [-0.2, -0.15) is 0 Å². The van der Waals surface area contributed by atoms with Gasteiger partial charge in [-0.3, -0.25) is 4.79 Å². The molecule has 0 radical (unpaired) electrons. The van der Waals surface area contributed by atoms with Crippen LogP contribution in [0.5, 0.6) is 0 Å². The lowest BCUT2D eigenvalue weighted by atomic mass is 10.1. The van der Waals surface area contributed by atoms with Crippen LogP contribution in [0.3, 0.4) is 0 Å². The SMILES string of the molecule is CCCC(NCCCN=[N+]=[N-])C(N)=O. The number of primary amides is 1. The third kappa shape index (κ3) is 6.28. The number of nitrogens with zero attached hydrogens (tertiary/aromatic N) is 3. The van der Waals surface area contributed by atoms with Crippen molar-refractivity contribution in [3.8, 4) is 0 Å². The summed E-state index contributed by atoms with van der Waals surface area (Å²) < 4.78 is 0. The summed E-state index contributed by atoms with van der Waals surface area (Å²) in [5.74, 6) is -0.323. The molecular formula is C8H17N5O. The third-order valence-electron chi connectivity index (χ3n) is 1.81. The summed E-state index contributed by atoms with van der Waals surface area (Å²) in [5.41, 5.74) is 13.2. The van der Waals surface area contributed by atoms with Crippen LogP contribution in [0.2, 0.25) is 0 Å². The highest BCUT2D eigenvalue weighted by Crippen LogP contribution is 1.95. The number of carbonyl (C=O) groups is 1. The normalized spacial score (nSPS) is 11.8. The van der Waals surface area contributed by atoms with Gasteiger partial charge in [-0.05, 0) is 24.9 Å². The maximum absolute atomic E-state index is 10.9. The predicted molar refractivity (Wildman–Crippen MR) is 54.5 cm³/mol. The second-order valence-corrected chi connectivity index (χ2v) is 3.01. The number of hydrogen-bond donors (Lipinski definition) is 2. The second kappa shape index (κ2) is 8.34. The van der Waals surface area contributed by atoms with Crippen LogP contribution in [0.15, 0.2) is 5.11 Å². The van der Waals surface area contributed by atoms with Gasteiger partial charge in [0.2, 0.25) is 5.91 Å². The lowest BCUT2D eigenvalue weighted by Crippen LogP contribution is -2.41. The van der Waals surface area contributed by atoms with Crippen molar-refractivity contribution >= 4 is 5.91 Å². The van der Waals surface area contributed by atoms with Crippen LogP contribution in [0.25, 0.3) is 10.4 Å². The van der Waals surface area contributed by atoms with Gasteiger partial charge in [-0.1, -0.05) is 18.5 Å². The minimum Gasteiger partial charge on any atom is -0.368 e. The molecule has 0 aliphatic rings. The molecule has 14 heavy (non-hydrogen) atoms. The molecule has 1 amide bonds. The lowest BCUT2D eigenvalue weighted by molar-refractivity contribution is -0.120. The highest BCUT2D eigenvalue weighted by molar-refractivity contribution is 5.79. The van der Waals surface area contributed by atoms with Gasteiger partial charge in [0.1, 0.15) is 0 Å². The minimum atomic E-state index is -0.323. The van der Waals surface area contributed by atoms with E-state index in [4.69, 9.17) is 11.3 Å². The van der Waals surface area contributed by atoms with Gasteiger partial charge in [-0.25, -0.2) is 0 Å². The zero-order valence-corrected chi connectivity index (χ0v) is 8.44. The van der Waals surface area contributed by atoms with E-state index in [9.17, 15) is 4.79 Å². The zero-order valence-electron chi connectivity index (χ0n) is 8.44. The maximum Gasteiger partial charge on any atom is 0.234 e. The van der Waals surface area contributed by atoms with Crippen molar-refractivity contribution in [3.05, 3.63) is 10.4 Å². The Morgan fingerprint density at radius 3 is 2.93 bits per heavy atom. The molecule has 0 rings (SSSR count). The first-order valence-corrected chi connectivity index (χ1v) is 4.76. The highest BCUT2D eigenvalue weighted by Gasteiger charge is 2.11. The molecule has 6 nitrogen and oxygen atoms in total. The Morgan fingerprint density at radius 2 is 2.43 bits per heavy atom. The lowest BCUT2D eigenvalue weighted by Gasteiger charge is -2.13.